The minimum Gasteiger partial charge on any atom is -0.383 e. The van der Waals surface area contributed by atoms with Gasteiger partial charge in [0.15, 0.2) is 0 Å². The molecule has 3 nitrogen and oxygen atoms in total. The Balaban J connectivity index is 1.81. The molecule has 2 saturated carbocycles. The van der Waals surface area contributed by atoms with E-state index in [1.807, 2.05) is 0 Å². The van der Waals surface area contributed by atoms with Crippen molar-refractivity contribution in [3.05, 3.63) is 24.3 Å². The molecule has 3 heteroatoms. The summed E-state index contributed by atoms with van der Waals surface area (Å²) in [5.74, 6) is 1.59. The van der Waals surface area contributed by atoms with Gasteiger partial charge < -0.3 is 5.11 Å². The van der Waals surface area contributed by atoms with E-state index in [4.69, 9.17) is 0 Å². The third-order valence-electron chi connectivity index (χ3n) is 4.09. The molecule has 86 valence electrons. The average molecular weight is 218 g/mol. The van der Waals surface area contributed by atoms with Crippen molar-refractivity contribution in [1.29, 1.82) is 0 Å². The van der Waals surface area contributed by atoms with Crippen molar-refractivity contribution >= 4 is 0 Å². The average Bonchev–Trinajstić information content (AvgIpc) is 3.14. The van der Waals surface area contributed by atoms with Crippen LogP contribution in [0.1, 0.15) is 44.2 Å². The minimum absolute atomic E-state index is 0.709. The molecule has 0 spiro atoms. The van der Waals surface area contributed by atoms with Gasteiger partial charge in [0.25, 0.3) is 0 Å². The highest BCUT2D eigenvalue weighted by Gasteiger charge is 2.42. The summed E-state index contributed by atoms with van der Waals surface area (Å²) in [6, 6.07) is 0. The van der Waals surface area contributed by atoms with Crippen LogP contribution >= 0.6 is 0 Å². The number of aromatic nitrogens is 2. The second-order valence-corrected chi connectivity index (χ2v) is 5.32. The van der Waals surface area contributed by atoms with Crippen molar-refractivity contribution in [2.75, 3.05) is 0 Å². The van der Waals surface area contributed by atoms with Crippen molar-refractivity contribution in [2.24, 2.45) is 11.8 Å². The van der Waals surface area contributed by atoms with Gasteiger partial charge in [-0.15, -0.1) is 0 Å². The summed E-state index contributed by atoms with van der Waals surface area (Å²) in [6.07, 6.45) is 11.9. The van der Waals surface area contributed by atoms with E-state index in [1.54, 1.807) is 18.6 Å². The molecule has 0 bridgehead atoms. The first-order chi connectivity index (χ1) is 7.78. The molecule has 1 aromatic heterocycles. The second kappa shape index (κ2) is 3.81. The summed E-state index contributed by atoms with van der Waals surface area (Å²) in [6.45, 7) is 0. The maximum atomic E-state index is 10.7. The maximum absolute atomic E-state index is 10.7. The number of hydrogen-bond acceptors (Lipinski definition) is 3. The fourth-order valence-electron chi connectivity index (χ4n) is 3.04. The molecule has 2 unspecified atom stereocenters. The molecule has 2 fully saturated rings. The van der Waals surface area contributed by atoms with Crippen LogP contribution in [0, 0.1) is 11.8 Å². The minimum atomic E-state index is -0.709. The van der Waals surface area contributed by atoms with Crippen LogP contribution in [-0.4, -0.2) is 15.1 Å². The summed E-state index contributed by atoms with van der Waals surface area (Å²) in [5.41, 5.74) is 0.0556. The zero-order valence-corrected chi connectivity index (χ0v) is 9.47. The standard InChI is InChI=1S/C13H18N2O/c16-13(12-9-14-6-7-15-12)5-1-2-11(8-13)10-3-4-10/h6-7,9-11,16H,1-5,8H2. The van der Waals surface area contributed by atoms with E-state index < -0.39 is 5.60 Å². The molecule has 1 heterocycles. The normalized spacial score (nSPS) is 34.9. The molecule has 3 rings (SSSR count). The highest BCUT2D eigenvalue weighted by molar-refractivity contribution is 5.10. The van der Waals surface area contributed by atoms with Crippen molar-refractivity contribution in [3.63, 3.8) is 0 Å². The van der Waals surface area contributed by atoms with Gasteiger partial charge in [-0.3, -0.25) is 9.97 Å². The molecule has 1 N–H and O–H groups in total. The van der Waals surface area contributed by atoms with Crippen molar-refractivity contribution in [1.82, 2.24) is 9.97 Å². The van der Waals surface area contributed by atoms with E-state index in [2.05, 4.69) is 9.97 Å². The Hall–Kier alpha value is -0.960. The predicted molar refractivity (Wildman–Crippen MR) is 60.6 cm³/mol. The van der Waals surface area contributed by atoms with E-state index in [0.29, 0.717) is 5.92 Å². The van der Waals surface area contributed by atoms with Gasteiger partial charge in [-0.05, 0) is 50.4 Å². The number of nitrogens with zero attached hydrogens (tertiary/aromatic N) is 2. The lowest BCUT2D eigenvalue weighted by Gasteiger charge is -2.36. The van der Waals surface area contributed by atoms with Gasteiger partial charge in [0.1, 0.15) is 5.60 Å². The van der Waals surface area contributed by atoms with Gasteiger partial charge in [-0.2, -0.15) is 0 Å². The second-order valence-electron chi connectivity index (χ2n) is 5.32. The first kappa shape index (κ1) is 10.2. The zero-order valence-electron chi connectivity index (χ0n) is 9.47. The van der Waals surface area contributed by atoms with Crippen LogP contribution in [-0.2, 0) is 5.60 Å². The molecule has 2 aliphatic rings. The van der Waals surface area contributed by atoms with Crippen LogP contribution in [0.4, 0.5) is 0 Å². The lowest BCUT2D eigenvalue weighted by atomic mass is 9.74. The van der Waals surface area contributed by atoms with Crippen LogP contribution in [0.25, 0.3) is 0 Å². The zero-order chi connectivity index (χ0) is 11.0. The van der Waals surface area contributed by atoms with Crippen LogP contribution in [0.15, 0.2) is 18.6 Å². The molecular formula is C13H18N2O. The molecule has 2 aliphatic carbocycles. The Labute approximate surface area is 95.9 Å². The topological polar surface area (TPSA) is 46.0 Å². The van der Waals surface area contributed by atoms with Crippen LogP contribution in [0.3, 0.4) is 0 Å². The number of hydrogen-bond donors (Lipinski definition) is 1. The van der Waals surface area contributed by atoms with E-state index in [1.165, 1.54) is 19.3 Å². The lowest BCUT2D eigenvalue weighted by molar-refractivity contribution is -0.0290. The first-order valence-electron chi connectivity index (χ1n) is 6.27. The van der Waals surface area contributed by atoms with E-state index in [9.17, 15) is 5.11 Å². The summed E-state index contributed by atoms with van der Waals surface area (Å²) >= 11 is 0. The van der Waals surface area contributed by atoms with Gasteiger partial charge in [-0.1, -0.05) is 0 Å². The molecule has 0 radical (unpaired) electrons. The SMILES string of the molecule is OC1(c2cnccn2)CCCC(C2CC2)C1. The molecule has 2 atom stereocenters. The third-order valence-corrected chi connectivity index (χ3v) is 4.09. The van der Waals surface area contributed by atoms with E-state index >= 15 is 0 Å². The molecule has 0 saturated heterocycles. The van der Waals surface area contributed by atoms with Gasteiger partial charge in [-0.25, -0.2) is 0 Å². The predicted octanol–water partition coefficient (Wildman–Crippen LogP) is 2.26. The molecule has 0 aliphatic heterocycles. The maximum Gasteiger partial charge on any atom is 0.108 e. The smallest absolute Gasteiger partial charge is 0.108 e. The van der Waals surface area contributed by atoms with Gasteiger partial charge in [0.05, 0.1) is 11.9 Å². The summed E-state index contributed by atoms with van der Waals surface area (Å²) < 4.78 is 0. The Morgan fingerprint density at radius 2 is 2.06 bits per heavy atom. The van der Waals surface area contributed by atoms with E-state index in [-0.39, 0.29) is 0 Å². The Bertz CT molecular complexity index is 363. The van der Waals surface area contributed by atoms with Gasteiger partial charge >= 0.3 is 0 Å². The largest absolute Gasteiger partial charge is 0.383 e. The molecule has 0 aromatic carbocycles. The van der Waals surface area contributed by atoms with Crippen molar-refractivity contribution < 1.29 is 5.11 Å². The lowest BCUT2D eigenvalue weighted by Crippen LogP contribution is -2.34. The van der Waals surface area contributed by atoms with Crippen LogP contribution in [0.2, 0.25) is 0 Å². The highest BCUT2D eigenvalue weighted by atomic mass is 16.3. The summed E-state index contributed by atoms with van der Waals surface area (Å²) in [5, 5.41) is 10.7. The summed E-state index contributed by atoms with van der Waals surface area (Å²) in [4.78, 5) is 8.34. The number of rotatable bonds is 2. The Kier molecular flexibility index (Phi) is 2.43. The Morgan fingerprint density at radius 1 is 1.19 bits per heavy atom. The quantitative estimate of drug-likeness (QED) is 0.828. The van der Waals surface area contributed by atoms with E-state index in [0.717, 1.165) is 30.9 Å². The van der Waals surface area contributed by atoms with Crippen molar-refractivity contribution in [2.45, 2.75) is 44.1 Å². The van der Waals surface area contributed by atoms with Gasteiger partial charge in [0.2, 0.25) is 0 Å². The summed E-state index contributed by atoms with van der Waals surface area (Å²) in [7, 11) is 0. The molecular weight excluding hydrogens is 200 g/mol. The fourth-order valence-corrected chi connectivity index (χ4v) is 3.04. The monoisotopic (exact) mass is 218 g/mol. The van der Waals surface area contributed by atoms with Crippen LogP contribution in [0.5, 0.6) is 0 Å². The molecule has 0 amide bonds. The molecule has 16 heavy (non-hydrogen) atoms. The third kappa shape index (κ3) is 1.84. The van der Waals surface area contributed by atoms with Gasteiger partial charge in [0, 0.05) is 12.4 Å². The Morgan fingerprint density at radius 3 is 2.75 bits per heavy atom. The van der Waals surface area contributed by atoms with Crippen molar-refractivity contribution in [3.8, 4) is 0 Å². The van der Waals surface area contributed by atoms with Crippen LogP contribution < -0.4 is 0 Å². The number of aliphatic hydroxyl groups is 1. The highest BCUT2D eigenvalue weighted by Crippen LogP contribution is 2.48. The molecule has 1 aromatic rings. The first-order valence-corrected chi connectivity index (χ1v) is 6.27. The fraction of sp³-hybridized carbons (Fsp3) is 0.692.